The summed E-state index contributed by atoms with van der Waals surface area (Å²) in [4.78, 5) is 40.0. The van der Waals surface area contributed by atoms with Crippen molar-refractivity contribution in [2.45, 2.75) is 31.5 Å². The third kappa shape index (κ3) is 3.56. The van der Waals surface area contributed by atoms with E-state index >= 15 is 0 Å². The van der Waals surface area contributed by atoms with Crippen LogP contribution < -0.4 is 5.32 Å². The largest absolute Gasteiger partial charge is 0.344 e. The number of urea groups is 1. The maximum atomic E-state index is 12.8. The van der Waals surface area contributed by atoms with Gasteiger partial charge in [0.05, 0.1) is 12.1 Å². The second-order valence-electron chi connectivity index (χ2n) is 6.73. The Morgan fingerprint density at radius 2 is 2.07 bits per heavy atom. The number of aromatic nitrogens is 2. The molecule has 4 rings (SSSR count). The number of hydrogen-bond acceptors (Lipinski definition) is 6. The van der Waals surface area contributed by atoms with Gasteiger partial charge >= 0.3 is 6.03 Å². The first-order valence-electron chi connectivity index (χ1n) is 9.06. The Morgan fingerprint density at radius 3 is 2.82 bits per heavy atom. The number of carbonyl (C=O) groups is 2. The SMILES string of the molecule is N=C(NC(=O)c1ccncn1)[C@@H]1CC[C@@H]2CN1C(=O)N2OCc1ccccc1. The maximum absolute atomic E-state index is 12.8. The van der Waals surface area contributed by atoms with Gasteiger partial charge in [-0.1, -0.05) is 30.3 Å². The van der Waals surface area contributed by atoms with Crippen LogP contribution in [0.15, 0.2) is 48.9 Å². The fourth-order valence-electron chi connectivity index (χ4n) is 3.51. The molecule has 28 heavy (non-hydrogen) atoms. The van der Waals surface area contributed by atoms with Crippen LogP contribution in [0, 0.1) is 5.41 Å². The molecule has 3 amide bonds. The first-order chi connectivity index (χ1) is 13.6. The van der Waals surface area contributed by atoms with E-state index in [0.717, 1.165) is 5.56 Å². The van der Waals surface area contributed by atoms with Gasteiger partial charge in [-0.15, -0.1) is 0 Å². The molecule has 2 aliphatic rings. The number of carbonyl (C=O) groups excluding carboxylic acids is 2. The number of fused-ring (bicyclic) bond motifs is 2. The summed E-state index contributed by atoms with van der Waals surface area (Å²) in [6.45, 7) is 0.785. The van der Waals surface area contributed by atoms with Crippen LogP contribution in [0.5, 0.6) is 0 Å². The number of nitrogens with zero attached hydrogens (tertiary/aromatic N) is 4. The van der Waals surface area contributed by atoms with E-state index in [2.05, 4.69) is 15.3 Å². The van der Waals surface area contributed by atoms with E-state index < -0.39 is 11.9 Å². The highest BCUT2D eigenvalue weighted by molar-refractivity contribution is 6.06. The predicted octanol–water partition coefficient (Wildman–Crippen LogP) is 1.58. The van der Waals surface area contributed by atoms with E-state index in [1.165, 1.54) is 23.7 Å². The van der Waals surface area contributed by atoms with Crippen LogP contribution >= 0.6 is 0 Å². The van der Waals surface area contributed by atoms with Crippen LogP contribution in [-0.4, -0.2) is 56.3 Å². The summed E-state index contributed by atoms with van der Waals surface area (Å²) in [5.74, 6) is -0.501. The standard InChI is InChI=1S/C19H20N6O3/c20-17(23-18(26)15-8-9-21-12-22-15)16-7-6-14-10-24(16)19(27)25(14)28-11-13-4-2-1-3-5-13/h1-5,8-9,12,14,16H,6-7,10-11H2,(H2,20,23,26)/t14-,16+/m1/s1. The summed E-state index contributed by atoms with van der Waals surface area (Å²) >= 11 is 0. The van der Waals surface area contributed by atoms with Gasteiger partial charge < -0.3 is 10.2 Å². The lowest BCUT2D eigenvalue weighted by atomic mass is 10.00. The average Bonchev–Trinajstić information content (AvgIpc) is 2.97. The van der Waals surface area contributed by atoms with Gasteiger partial charge in [0.25, 0.3) is 5.91 Å². The number of benzene rings is 1. The smallest absolute Gasteiger partial charge is 0.311 e. The molecule has 2 atom stereocenters. The molecule has 2 aromatic rings. The summed E-state index contributed by atoms with van der Waals surface area (Å²) in [6.07, 6.45) is 4.02. The Morgan fingerprint density at radius 1 is 1.25 bits per heavy atom. The van der Waals surface area contributed by atoms with Crippen molar-refractivity contribution in [1.29, 1.82) is 5.41 Å². The second kappa shape index (κ2) is 7.73. The van der Waals surface area contributed by atoms with Gasteiger partial charge in [0.2, 0.25) is 0 Å². The molecule has 0 radical (unpaired) electrons. The molecular weight excluding hydrogens is 360 g/mol. The Labute approximate surface area is 161 Å². The molecule has 0 unspecified atom stereocenters. The Kier molecular flexibility index (Phi) is 4.98. The molecule has 9 nitrogen and oxygen atoms in total. The molecular formula is C19H20N6O3. The third-order valence-corrected chi connectivity index (χ3v) is 4.93. The number of amides is 3. The number of hydroxylamine groups is 2. The van der Waals surface area contributed by atoms with Crippen LogP contribution in [0.2, 0.25) is 0 Å². The maximum Gasteiger partial charge on any atom is 0.344 e. The van der Waals surface area contributed by atoms with Crippen LogP contribution in [-0.2, 0) is 11.4 Å². The Balaban J connectivity index is 1.38. The summed E-state index contributed by atoms with van der Waals surface area (Å²) in [5.41, 5.74) is 1.15. The molecule has 144 valence electrons. The van der Waals surface area contributed by atoms with Crippen molar-refractivity contribution in [2.75, 3.05) is 6.54 Å². The minimum Gasteiger partial charge on any atom is -0.311 e. The first-order valence-corrected chi connectivity index (χ1v) is 9.06. The molecule has 2 N–H and O–H groups in total. The van der Waals surface area contributed by atoms with Crippen molar-refractivity contribution in [1.82, 2.24) is 25.2 Å². The van der Waals surface area contributed by atoms with E-state index in [1.807, 2.05) is 30.3 Å². The van der Waals surface area contributed by atoms with Crippen LogP contribution in [0.4, 0.5) is 4.79 Å². The van der Waals surface area contributed by atoms with E-state index in [-0.39, 0.29) is 23.6 Å². The van der Waals surface area contributed by atoms with Crippen molar-refractivity contribution in [2.24, 2.45) is 0 Å². The molecule has 3 heterocycles. The van der Waals surface area contributed by atoms with Crippen LogP contribution in [0.1, 0.15) is 28.9 Å². The second-order valence-corrected chi connectivity index (χ2v) is 6.73. The fourth-order valence-corrected chi connectivity index (χ4v) is 3.51. The van der Waals surface area contributed by atoms with Gasteiger partial charge in [-0.25, -0.2) is 14.8 Å². The Bertz CT molecular complexity index is 876. The summed E-state index contributed by atoms with van der Waals surface area (Å²) < 4.78 is 0. The van der Waals surface area contributed by atoms with Crippen molar-refractivity contribution < 1.29 is 14.4 Å². The molecule has 0 saturated carbocycles. The molecule has 0 spiro atoms. The van der Waals surface area contributed by atoms with Gasteiger partial charge in [-0.05, 0) is 24.5 Å². The van der Waals surface area contributed by atoms with Gasteiger partial charge in [-0.3, -0.25) is 15.0 Å². The van der Waals surface area contributed by atoms with Gasteiger partial charge in [-0.2, -0.15) is 5.06 Å². The lowest BCUT2D eigenvalue weighted by molar-refractivity contribution is -0.140. The monoisotopic (exact) mass is 380 g/mol. The summed E-state index contributed by atoms with van der Waals surface area (Å²) in [5, 5.41) is 12.2. The zero-order chi connectivity index (χ0) is 19.5. The van der Waals surface area contributed by atoms with Crippen molar-refractivity contribution >= 4 is 17.8 Å². The lowest BCUT2D eigenvalue weighted by Gasteiger charge is -2.30. The molecule has 1 aromatic heterocycles. The molecule has 2 fully saturated rings. The highest BCUT2D eigenvalue weighted by Crippen LogP contribution is 2.30. The topological polar surface area (TPSA) is 112 Å². The summed E-state index contributed by atoms with van der Waals surface area (Å²) in [6, 6.07) is 10.3. The van der Waals surface area contributed by atoms with Gasteiger partial charge in [0.15, 0.2) is 0 Å². The van der Waals surface area contributed by atoms with E-state index in [9.17, 15) is 9.59 Å². The van der Waals surface area contributed by atoms with Crippen LogP contribution in [0.3, 0.4) is 0 Å². The van der Waals surface area contributed by atoms with E-state index in [0.29, 0.717) is 26.0 Å². The zero-order valence-corrected chi connectivity index (χ0v) is 15.1. The third-order valence-electron chi connectivity index (χ3n) is 4.93. The fraction of sp³-hybridized carbons (Fsp3) is 0.316. The summed E-state index contributed by atoms with van der Waals surface area (Å²) in [7, 11) is 0. The normalized spacial score (nSPS) is 20.9. The molecule has 2 bridgehead atoms. The molecule has 9 heteroatoms. The molecule has 2 saturated heterocycles. The minimum atomic E-state index is -0.488. The highest BCUT2D eigenvalue weighted by Gasteiger charge is 2.47. The average molecular weight is 380 g/mol. The van der Waals surface area contributed by atoms with E-state index in [4.69, 9.17) is 10.2 Å². The number of amidine groups is 1. The van der Waals surface area contributed by atoms with Crippen LogP contribution in [0.25, 0.3) is 0 Å². The first kappa shape index (κ1) is 18.1. The number of rotatable bonds is 5. The number of nitrogens with one attached hydrogen (secondary N) is 2. The highest BCUT2D eigenvalue weighted by atomic mass is 16.7. The predicted molar refractivity (Wildman–Crippen MR) is 99.2 cm³/mol. The van der Waals surface area contributed by atoms with Gasteiger partial charge in [0, 0.05) is 12.7 Å². The van der Waals surface area contributed by atoms with E-state index in [1.54, 1.807) is 4.90 Å². The van der Waals surface area contributed by atoms with Gasteiger partial charge in [0.1, 0.15) is 24.5 Å². The quantitative estimate of drug-likeness (QED) is 0.604. The molecule has 0 aliphatic carbocycles. The van der Waals surface area contributed by atoms with Crippen molar-refractivity contribution in [3.8, 4) is 0 Å². The molecule has 1 aromatic carbocycles. The number of piperidine rings is 1. The number of hydrogen-bond donors (Lipinski definition) is 2. The lowest BCUT2D eigenvalue weighted by Crippen LogP contribution is -2.50. The Hall–Kier alpha value is -3.33. The molecule has 2 aliphatic heterocycles. The van der Waals surface area contributed by atoms with Crippen molar-refractivity contribution in [3.05, 3.63) is 60.2 Å². The van der Waals surface area contributed by atoms with Crippen molar-refractivity contribution in [3.63, 3.8) is 0 Å². The minimum absolute atomic E-state index is 0.0136. The zero-order valence-electron chi connectivity index (χ0n) is 15.1.